The molecule has 0 spiro atoms. The molecule has 0 aromatic carbocycles. The van der Waals surface area contributed by atoms with Crippen LogP contribution in [0.15, 0.2) is 24.5 Å². The van der Waals surface area contributed by atoms with Crippen molar-refractivity contribution >= 4 is 17.8 Å². The minimum Gasteiger partial charge on any atom is -0.481 e. The summed E-state index contributed by atoms with van der Waals surface area (Å²) in [6.07, 6.45) is 10.6. The second-order valence-electron chi connectivity index (χ2n) is 6.36. The van der Waals surface area contributed by atoms with E-state index in [-0.39, 0.29) is 30.6 Å². The fourth-order valence-corrected chi connectivity index (χ4v) is 3.05. The number of pyridine rings is 1. The maximum absolute atomic E-state index is 12.6. The van der Waals surface area contributed by atoms with Crippen molar-refractivity contribution in [3.63, 3.8) is 0 Å². The molecule has 26 heavy (non-hydrogen) atoms. The third kappa shape index (κ3) is 5.88. The highest BCUT2D eigenvalue weighted by atomic mass is 16.4. The zero-order valence-corrected chi connectivity index (χ0v) is 14.6. The Bertz CT molecular complexity index is 684. The average molecular weight is 357 g/mol. The number of amides is 2. The molecule has 7 nitrogen and oxygen atoms in total. The number of likely N-dealkylation sites (tertiary alicyclic amines) is 1. The lowest BCUT2D eigenvalue weighted by Crippen LogP contribution is -2.44. The Morgan fingerprint density at radius 3 is 2.81 bits per heavy atom. The first-order chi connectivity index (χ1) is 12.5. The Kier molecular flexibility index (Phi) is 7.15. The van der Waals surface area contributed by atoms with Crippen molar-refractivity contribution < 1.29 is 19.5 Å². The molecule has 0 radical (unpaired) electrons. The van der Waals surface area contributed by atoms with E-state index >= 15 is 0 Å². The molecule has 2 amide bonds. The summed E-state index contributed by atoms with van der Waals surface area (Å²) < 4.78 is 0. The normalized spacial score (nSPS) is 18.0. The Balaban J connectivity index is 1.85. The number of hydrogen-bond acceptors (Lipinski definition) is 4. The predicted molar refractivity (Wildman–Crippen MR) is 94.9 cm³/mol. The van der Waals surface area contributed by atoms with Crippen molar-refractivity contribution in [2.45, 2.75) is 38.1 Å². The van der Waals surface area contributed by atoms with E-state index in [2.05, 4.69) is 16.2 Å². The van der Waals surface area contributed by atoms with Gasteiger partial charge < -0.3 is 15.3 Å². The van der Waals surface area contributed by atoms with Gasteiger partial charge in [0.2, 0.25) is 11.8 Å². The molecule has 0 bridgehead atoms. The van der Waals surface area contributed by atoms with Crippen LogP contribution in [-0.4, -0.2) is 51.9 Å². The van der Waals surface area contributed by atoms with Crippen LogP contribution in [-0.2, 0) is 20.8 Å². The number of carboxylic acid groups (broad SMARTS) is 1. The van der Waals surface area contributed by atoms with Crippen LogP contribution in [0.2, 0.25) is 0 Å². The highest BCUT2D eigenvalue weighted by Gasteiger charge is 2.30. The lowest BCUT2D eigenvalue weighted by molar-refractivity contribution is -0.141. The van der Waals surface area contributed by atoms with E-state index in [1.807, 2.05) is 12.1 Å². The number of carbonyl (C=O) groups is 3. The van der Waals surface area contributed by atoms with Crippen LogP contribution < -0.4 is 5.32 Å². The van der Waals surface area contributed by atoms with Crippen LogP contribution in [0.4, 0.5) is 0 Å². The number of nitrogens with zero attached hydrogens (tertiary/aromatic N) is 2. The zero-order chi connectivity index (χ0) is 18.9. The van der Waals surface area contributed by atoms with Crippen molar-refractivity contribution in [1.82, 2.24) is 15.2 Å². The molecule has 1 fully saturated rings. The molecule has 0 saturated carbocycles. The van der Waals surface area contributed by atoms with Crippen molar-refractivity contribution in [2.75, 3.05) is 13.1 Å². The molecule has 7 heteroatoms. The highest BCUT2D eigenvalue weighted by Crippen LogP contribution is 2.21. The summed E-state index contributed by atoms with van der Waals surface area (Å²) in [5, 5.41) is 11.3. The van der Waals surface area contributed by atoms with Gasteiger partial charge in [-0.2, -0.15) is 0 Å². The Hall–Kier alpha value is -2.88. The van der Waals surface area contributed by atoms with E-state index in [1.165, 1.54) is 0 Å². The van der Waals surface area contributed by atoms with Crippen LogP contribution in [0.3, 0.4) is 0 Å². The van der Waals surface area contributed by atoms with Crippen molar-refractivity contribution in [3.8, 4) is 12.3 Å². The van der Waals surface area contributed by atoms with Gasteiger partial charge in [-0.1, -0.05) is 5.92 Å². The molecule has 1 saturated heterocycles. The number of aliphatic carboxylic acids is 1. The predicted octanol–water partition coefficient (Wildman–Crippen LogP) is 0.845. The molecule has 1 aromatic rings. The number of aromatic nitrogens is 1. The number of rotatable bonds is 8. The molecule has 2 atom stereocenters. The second-order valence-corrected chi connectivity index (χ2v) is 6.36. The smallest absolute Gasteiger partial charge is 0.306 e. The summed E-state index contributed by atoms with van der Waals surface area (Å²) in [5.41, 5.74) is 1.11. The molecular formula is C19H23N3O4. The van der Waals surface area contributed by atoms with E-state index in [9.17, 15) is 14.4 Å². The largest absolute Gasteiger partial charge is 0.481 e. The van der Waals surface area contributed by atoms with Crippen LogP contribution in [0, 0.1) is 18.3 Å². The molecule has 1 aliphatic heterocycles. The number of carbonyl (C=O) groups excluding carboxylic acids is 2. The first-order valence-electron chi connectivity index (χ1n) is 8.64. The number of hydrogen-bond donors (Lipinski definition) is 2. The van der Waals surface area contributed by atoms with E-state index in [1.54, 1.807) is 17.3 Å². The van der Waals surface area contributed by atoms with Gasteiger partial charge in [0.05, 0.1) is 6.42 Å². The van der Waals surface area contributed by atoms with Gasteiger partial charge in [-0.05, 0) is 37.0 Å². The maximum atomic E-state index is 12.6. The summed E-state index contributed by atoms with van der Waals surface area (Å²) in [7, 11) is 0. The Morgan fingerprint density at radius 1 is 1.42 bits per heavy atom. The van der Waals surface area contributed by atoms with E-state index in [0.717, 1.165) is 18.4 Å². The zero-order valence-electron chi connectivity index (χ0n) is 14.6. The van der Waals surface area contributed by atoms with E-state index in [0.29, 0.717) is 19.5 Å². The maximum Gasteiger partial charge on any atom is 0.306 e. The summed E-state index contributed by atoms with van der Waals surface area (Å²) in [6.45, 7) is 1.29. The van der Waals surface area contributed by atoms with Gasteiger partial charge in [-0.25, -0.2) is 0 Å². The fraction of sp³-hybridized carbons (Fsp3) is 0.474. The Morgan fingerprint density at radius 2 is 2.15 bits per heavy atom. The lowest BCUT2D eigenvalue weighted by atomic mass is 9.93. The van der Waals surface area contributed by atoms with Crippen LogP contribution in [0.5, 0.6) is 0 Å². The minimum atomic E-state index is -1.08. The van der Waals surface area contributed by atoms with Gasteiger partial charge in [-0.15, -0.1) is 6.42 Å². The molecule has 2 heterocycles. The van der Waals surface area contributed by atoms with Crippen LogP contribution >= 0.6 is 0 Å². The van der Waals surface area contributed by atoms with Crippen molar-refractivity contribution in [1.29, 1.82) is 0 Å². The average Bonchev–Trinajstić information content (AvgIpc) is 2.62. The van der Waals surface area contributed by atoms with Crippen LogP contribution in [0.25, 0.3) is 0 Å². The highest BCUT2D eigenvalue weighted by molar-refractivity contribution is 5.86. The van der Waals surface area contributed by atoms with Crippen molar-refractivity contribution in [3.05, 3.63) is 30.1 Å². The molecule has 1 aromatic heterocycles. The molecular weight excluding hydrogens is 334 g/mol. The third-order valence-corrected chi connectivity index (χ3v) is 4.41. The molecule has 0 aliphatic carbocycles. The first kappa shape index (κ1) is 19.4. The summed E-state index contributed by atoms with van der Waals surface area (Å²) in [4.78, 5) is 41.2. The van der Waals surface area contributed by atoms with Gasteiger partial charge in [0, 0.05) is 37.8 Å². The standard InChI is InChI=1S/C19H23N3O4/c1-2-16(13-18(24)25)21-17(23)12-15-4-3-10-22(19(15)26)11-7-14-5-8-20-9-6-14/h1,5-6,8-9,15-16H,3-4,7,10-13H2,(H,21,23)(H,24,25). The topological polar surface area (TPSA) is 99.6 Å². The van der Waals surface area contributed by atoms with Gasteiger partial charge in [-0.3, -0.25) is 19.4 Å². The molecule has 2 rings (SSSR count). The van der Waals surface area contributed by atoms with Gasteiger partial charge >= 0.3 is 5.97 Å². The minimum absolute atomic E-state index is 0.0301. The number of terminal acetylenes is 1. The summed E-state index contributed by atoms with van der Waals surface area (Å²) in [5.74, 6) is 0.365. The van der Waals surface area contributed by atoms with Gasteiger partial charge in [0.25, 0.3) is 0 Å². The summed E-state index contributed by atoms with van der Waals surface area (Å²) >= 11 is 0. The van der Waals surface area contributed by atoms with E-state index in [4.69, 9.17) is 11.5 Å². The molecule has 2 N–H and O–H groups in total. The molecule has 1 aliphatic rings. The summed E-state index contributed by atoms with van der Waals surface area (Å²) in [6, 6.07) is 2.98. The first-order valence-corrected chi connectivity index (χ1v) is 8.64. The third-order valence-electron chi connectivity index (χ3n) is 4.41. The number of nitrogens with one attached hydrogen (secondary N) is 1. The Labute approximate surface area is 152 Å². The van der Waals surface area contributed by atoms with Crippen LogP contribution in [0.1, 0.15) is 31.2 Å². The lowest BCUT2D eigenvalue weighted by Gasteiger charge is -2.32. The number of piperidine rings is 1. The fourth-order valence-electron chi connectivity index (χ4n) is 3.05. The van der Waals surface area contributed by atoms with E-state index < -0.39 is 12.0 Å². The van der Waals surface area contributed by atoms with Crippen molar-refractivity contribution in [2.24, 2.45) is 5.92 Å². The molecule has 2 unspecified atom stereocenters. The van der Waals surface area contributed by atoms with Gasteiger partial charge in [0.15, 0.2) is 0 Å². The SMILES string of the molecule is C#CC(CC(=O)O)NC(=O)CC1CCCN(CCc2ccncc2)C1=O. The monoisotopic (exact) mass is 357 g/mol. The molecule has 138 valence electrons. The second kappa shape index (κ2) is 9.56. The number of carboxylic acids is 1. The van der Waals surface area contributed by atoms with Gasteiger partial charge in [0.1, 0.15) is 6.04 Å². The quantitative estimate of drug-likeness (QED) is 0.672.